The van der Waals surface area contributed by atoms with E-state index >= 15 is 0 Å². The maximum atomic E-state index is 12.1. The average molecular weight is 335 g/mol. The van der Waals surface area contributed by atoms with Crippen molar-refractivity contribution >= 4 is 21.8 Å². The minimum atomic E-state index is -0.125. The van der Waals surface area contributed by atoms with Crippen LogP contribution in [-0.2, 0) is 6.42 Å². The van der Waals surface area contributed by atoms with E-state index < -0.39 is 0 Å². The van der Waals surface area contributed by atoms with Gasteiger partial charge in [-0.15, -0.1) is 0 Å². The predicted molar refractivity (Wildman–Crippen MR) is 81.0 cm³/mol. The van der Waals surface area contributed by atoms with Crippen molar-refractivity contribution in [2.45, 2.75) is 6.42 Å². The Bertz CT molecular complexity index is 588. The molecule has 0 aliphatic rings. The van der Waals surface area contributed by atoms with Gasteiger partial charge < -0.3 is 10.1 Å². The highest BCUT2D eigenvalue weighted by Gasteiger charge is 2.10. The highest BCUT2D eigenvalue weighted by Crippen LogP contribution is 2.22. The standard InChI is InChI=1S/C15H15BrN2O2/c1-20-12-4-5-14(16)13(9-12)15(19)18-8-6-11-3-2-7-17-10-11/h2-5,7,9-10H,6,8H2,1H3,(H,18,19). The summed E-state index contributed by atoms with van der Waals surface area (Å²) in [4.78, 5) is 16.2. The Kier molecular flexibility index (Phi) is 5.12. The number of carbonyl (C=O) groups is 1. The van der Waals surface area contributed by atoms with E-state index in [1.54, 1.807) is 37.7 Å². The minimum absolute atomic E-state index is 0.125. The third kappa shape index (κ3) is 3.81. The monoisotopic (exact) mass is 334 g/mol. The van der Waals surface area contributed by atoms with Crippen LogP contribution in [-0.4, -0.2) is 24.5 Å². The number of rotatable bonds is 5. The zero-order chi connectivity index (χ0) is 14.4. The maximum absolute atomic E-state index is 12.1. The molecule has 5 heteroatoms. The van der Waals surface area contributed by atoms with E-state index in [4.69, 9.17) is 4.74 Å². The number of amides is 1. The van der Waals surface area contributed by atoms with E-state index in [1.165, 1.54) is 0 Å². The third-order valence-electron chi connectivity index (χ3n) is 2.84. The van der Waals surface area contributed by atoms with E-state index in [9.17, 15) is 4.79 Å². The van der Waals surface area contributed by atoms with E-state index in [-0.39, 0.29) is 5.91 Å². The lowest BCUT2D eigenvalue weighted by Gasteiger charge is -2.08. The number of aromatic nitrogens is 1. The molecular weight excluding hydrogens is 320 g/mol. The van der Waals surface area contributed by atoms with Gasteiger partial charge in [0.2, 0.25) is 0 Å². The Balaban J connectivity index is 1.95. The van der Waals surface area contributed by atoms with E-state index in [2.05, 4.69) is 26.2 Å². The number of hydrogen-bond acceptors (Lipinski definition) is 3. The van der Waals surface area contributed by atoms with Gasteiger partial charge in [0, 0.05) is 23.4 Å². The molecule has 104 valence electrons. The van der Waals surface area contributed by atoms with Crippen LogP contribution < -0.4 is 10.1 Å². The summed E-state index contributed by atoms with van der Waals surface area (Å²) < 4.78 is 5.87. The molecule has 1 heterocycles. The Morgan fingerprint density at radius 1 is 1.40 bits per heavy atom. The molecule has 1 aromatic heterocycles. The Morgan fingerprint density at radius 3 is 2.95 bits per heavy atom. The number of methoxy groups -OCH3 is 1. The molecule has 0 spiro atoms. The van der Waals surface area contributed by atoms with Gasteiger partial charge in [0.25, 0.3) is 5.91 Å². The first-order chi connectivity index (χ1) is 9.70. The highest BCUT2D eigenvalue weighted by atomic mass is 79.9. The summed E-state index contributed by atoms with van der Waals surface area (Å²) in [5.74, 6) is 0.533. The number of nitrogens with one attached hydrogen (secondary N) is 1. The quantitative estimate of drug-likeness (QED) is 0.914. The van der Waals surface area contributed by atoms with Gasteiger partial charge in [-0.2, -0.15) is 0 Å². The molecule has 1 N–H and O–H groups in total. The minimum Gasteiger partial charge on any atom is -0.497 e. The SMILES string of the molecule is COc1ccc(Br)c(C(=O)NCCc2cccnc2)c1. The Labute approximate surface area is 126 Å². The van der Waals surface area contributed by atoms with Crippen LogP contribution in [0.1, 0.15) is 15.9 Å². The van der Waals surface area contributed by atoms with Gasteiger partial charge in [0.15, 0.2) is 0 Å². The van der Waals surface area contributed by atoms with Crippen molar-refractivity contribution in [1.82, 2.24) is 10.3 Å². The number of pyridine rings is 1. The second kappa shape index (κ2) is 7.05. The van der Waals surface area contributed by atoms with Crippen LogP contribution in [0.15, 0.2) is 47.2 Å². The van der Waals surface area contributed by atoms with Gasteiger partial charge in [0.05, 0.1) is 12.7 Å². The number of halogens is 1. The molecular formula is C15H15BrN2O2. The first kappa shape index (κ1) is 14.5. The Hall–Kier alpha value is -1.88. The van der Waals surface area contributed by atoms with Crippen molar-refractivity contribution in [3.05, 3.63) is 58.3 Å². The lowest BCUT2D eigenvalue weighted by molar-refractivity contribution is 0.0953. The van der Waals surface area contributed by atoms with Crippen molar-refractivity contribution < 1.29 is 9.53 Å². The molecule has 2 aromatic rings. The molecule has 0 unspecified atom stereocenters. The van der Waals surface area contributed by atoms with Crippen molar-refractivity contribution in [1.29, 1.82) is 0 Å². The zero-order valence-corrected chi connectivity index (χ0v) is 12.7. The zero-order valence-electron chi connectivity index (χ0n) is 11.1. The highest BCUT2D eigenvalue weighted by molar-refractivity contribution is 9.10. The van der Waals surface area contributed by atoms with Crippen molar-refractivity contribution in [3.8, 4) is 5.75 Å². The number of nitrogens with zero attached hydrogens (tertiary/aromatic N) is 1. The largest absolute Gasteiger partial charge is 0.497 e. The van der Waals surface area contributed by atoms with Crippen LogP contribution in [0.25, 0.3) is 0 Å². The van der Waals surface area contributed by atoms with Gasteiger partial charge in [-0.1, -0.05) is 6.07 Å². The second-order valence-corrected chi connectivity index (χ2v) is 5.07. The van der Waals surface area contributed by atoms with Gasteiger partial charge >= 0.3 is 0 Å². The average Bonchev–Trinajstić information content (AvgIpc) is 2.48. The topological polar surface area (TPSA) is 51.2 Å². The molecule has 2 rings (SSSR count). The summed E-state index contributed by atoms with van der Waals surface area (Å²) in [5.41, 5.74) is 1.66. The van der Waals surface area contributed by atoms with Crippen LogP contribution in [0.4, 0.5) is 0 Å². The number of hydrogen-bond donors (Lipinski definition) is 1. The number of benzene rings is 1. The normalized spacial score (nSPS) is 10.1. The van der Waals surface area contributed by atoms with Gasteiger partial charge in [-0.05, 0) is 52.2 Å². The predicted octanol–water partition coefficient (Wildman–Crippen LogP) is 2.83. The fraction of sp³-hybridized carbons (Fsp3) is 0.200. The molecule has 0 fully saturated rings. The van der Waals surface area contributed by atoms with Crippen LogP contribution >= 0.6 is 15.9 Å². The van der Waals surface area contributed by atoms with Crippen LogP contribution in [0, 0.1) is 0 Å². The third-order valence-corrected chi connectivity index (χ3v) is 3.53. The van der Waals surface area contributed by atoms with Crippen molar-refractivity contribution in [2.75, 3.05) is 13.7 Å². The van der Waals surface area contributed by atoms with Gasteiger partial charge in [-0.25, -0.2) is 0 Å². The summed E-state index contributed by atoms with van der Waals surface area (Å²) in [7, 11) is 1.58. The summed E-state index contributed by atoms with van der Waals surface area (Å²) in [6, 6.07) is 9.19. The summed E-state index contributed by atoms with van der Waals surface area (Å²) in [5, 5.41) is 2.89. The molecule has 0 saturated carbocycles. The van der Waals surface area contributed by atoms with Gasteiger partial charge in [-0.3, -0.25) is 9.78 Å². The lowest BCUT2D eigenvalue weighted by atomic mass is 10.2. The molecule has 0 bridgehead atoms. The van der Waals surface area contributed by atoms with E-state index in [1.807, 2.05) is 12.1 Å². The summed E-state index contributed by atoms with van der Waals surface area (Å²) >= 11 is 3.37. The molecule has 0 aliphatic heterocycles. The maximum Gasteiger partial charge on any atom is 0.252 e. The molecule has 0 aliphatic carbocycles. The van der Waals surface area contributed by atoms with Crippen LogP contribution in [0.5, 0.6) is 5.75 Å². The first-order valence-electron chi connectivity index (χ1n) is 6.21. The fourth-order valence-corrected chi connectivity index (χ4v) is 2.19. The smallest absolute Gasteiger partial charge is 0.252 e. The fourth-order valence-electron chi connectivity index (χ4n) is 1.77. The number of ether oxygens (including phenoxy) is 1. The van der Waals surface area contributed by atoms with Crippen LogP contribution in [0.2, 0.25) is 0 Å². The second-order valence-electron chi connectivity index (χ2n) is 4.21. The van der Waals surface area contributed by atoms with Crippen molar-refractivity contribution in [3.63, 3.8) is 0 Å². The molecule has 4 nitrogen and oxygen atoms in total. The lowest BCUT2D eigenvalue weighted by Crippen LogP contribution is -2.26. The van der Waals surface area contributed by atoms with E-state index in [0.29, 0.717) is 17.9 Å². The number of carbonyl (C=O) groups excluding carboxylic acids is 1. The van der Waals surface area contributed by atoms with E-state index in [0.717, 1.165) is 16.5 Å². The molecule has 0 saturated heterocycles. The van der Waals surface area contributed by atoms with Crippen molar-refractivity contribution in [2.24, 2.45) is 0 Å². The van der Waals surface area contributed by atoms with Crippen LogP contribution in [0.3, 0.4) is 0 Å². The Morgan fingerprint density at radius 2 is 2.25 bits per heavy atom. The van der Waals surface area contributed by atoms with Gasteiger partial charge in [0.1, 0.15) is 5.75 Å². The summed E-state index contributed by atoms with van der Waals surface area (Å²) in [6.45, 7) is 0.564. The first-order valence-corrected chi connectivity index (χ1v) is 7.00. The molecule has 1 aromatic carbocycles. The summed E-state index contributed by atoms with van der Waals surface area (Å²) in [6.07, 6.45) is 4.28. The molecule has 0 radical (unpaired) electrons. The molecule has 20 heavy (non-hydrogen) atoms. The molecule has 1 amide bonds. The molecule has 0 atom stereocenters.